The lowest BCUT2D eigenvalue weighted by atomic mass is 9.97. The number of rotatable bonds is 7. The van der Waals surface area contributed by atoms with Gasteiger partial charge in [-0.05, 0) is 47.9 Å². The van der Waals surface area contributed by atoms with Gasteiger partial charge < -0.3 is 10.2 Å². The standard InChI is InChI=1S/C27H23FN4O2/c1-19-7-5-6-10-23(19)25(26(33)31-22-13-11-21(28)12-14-22)32(18-20-8-3-2-4-9-20)27(34)24-17-29-15-16-30-24/h2-17,25H,18H2,1H3,(H,31,33)/t25-/m1/s1. The Morgan fingerprint density at radius 2 is 1.65 bits per heavy atom. The van der Waals surface area contributed by atoms with Gasteiger partial charge in [0.25, 0.3) is 11.8 Å². The summed E-state index contributed by atoms with van der Waals surface area (Å²) in [5.41, 5.74) is 2.94. The third kappa shape index (κ3) is 5.32. The predicted molar refractivity (Wildman–Crippen MR) is 127 cm³/mol. The molecule has 0 radical (unpaired) electrons. The summed E-state index contributed by atoms with van der Waals surface area (Å²) in [6, 6.07) is 21.4. The molecule has 4 rings (SSSR count). The summed E-state index contributed by atoms with van der Waals surface area (Å²) in [6.45, 7) is 2.06. The summed E-state index contributed by atoms with van der Waals surface area (Å²) in [6.07, 6.45) is 4.31. The number of carbonyl (C=O) groups is 2. The molecule has 170 valence electrons. The van der Waals surface area contributed by atoms with Crippen LogP contribution in [0, 0.1) is 12.7 Å². The number of carbonyl (C=O) groups excluding carboxylic acids is 2. The first kappa shape index (κ1) is 22.8. The molecule has 4 aromatic rings. The third-order valence-electron chi connectivity index (χ3n) is 5.39. The molecule has 0 saturated heterocycles. The van der Waals surface area contributed by atoms with Crippen molar-refractivity contribution >= 4 is 17.5 Å². The van der Waals surface area contributed by atoms with Gasteiger partial charge in [-0.15, -0.1) is 0 Å². The molecule has 1 N–H and O–H groups in total. The number of nitrogens with one attached hydrogen (secondary N) is 1. The number of nitrogens with zero attached hydrogens (tertiary/aromatic N) is 3. The molecule has 0 spiro atoms. The average molecular weight is 455 g/mol. The molecular weight excluding hydrogens is 431 g/mol. The van der Waals surface area contributed by atoms with Crippen LogP contribution in [0.1, 0.15) is 33.2 Å². The van der Waals surface area contributed by atoms with Crippen LogP contribution >= 0.6 is 0 Å². The van der Waals surface area contributed by atoms with E-state index in [1.54, 1.807) is 0 Å². The van der Waals surface area contributed by atoms with Crippen LogP contribution in [0.25, 0.3) is 0 Å². The molecule has 2 amide bonds. The van der Waals surface area contributed by atoms with E-state index in [-0.39, 0.29) is 12.2 Å². The minimum Gasteiger partial charge on any atom is -0.324 e. The topological polar surface area (TPSA) is 75.2 Å². The third-order valence-corrected chi connectivity index (χ3v) is 5.39. The van der Waals surface area contributed by atoms with Crippen molar-refractivity contribution in [2.24, 2.45) is 0 Å². The maximum atomic E-state index is 13.7. The lowest BCUT2D eigenvalue weighted by Crippen LogP contribution is -2.41. The van der Waals surface area contributed by atoms with Crippen molar-refractivity contribution in [3.05, 3.63) is 126 Å². The Hall–Kier alpha value is -4.39. The van der Waals surface area contributed by atoms with Crippen LogP contribution in [0.4, 0.5) is 10.1 Å². The van der Waals surface area contributed by atoms with Crippen LogP contribution in [0.5, 0.6) is 0 Å². The lowest BCUT2D eigenvalue weighted by Gasteiger charge is -2.32. The van der Waals surface area contributed by atoms with Crippen LogP contribution in [0.2, 0.25) is 0 Å². The smallest absolute Gasteiger partial charge is 0.275 e. The van der Waals surface area contributed by atoms with Crippen molar-refractivity contribution < 1.29 is 14.0 Å². The molecule has 1 aromatic heterocycles. The molecule has 0 aliphatic carbocycles. The van der Waals surface area contributed by atoms with Gasteiger partial charge in [-0.3, -0.25) is 14.6 Å². The Kier molecular flexibility index (Phi) is 7.03. The molecule has 0 unspecified atom stereocenters. The first-order valence-corrected chi connectivity index (χ1v) is 10.8. The van der Waals surface area contributed by atoms with E-state index in [9.17, 15) is 14.0 Å². The van der Waals surface area contributed by atoms with Crippen molar-refractivity contribution in [1.29, 1.82) is 0 Å². The molecular formula is C27H23FN4O2. The quantitative estimate of drug-likeness (QED) is 0.429. The average Bonchev–Trinajstić information content (AvgIpc) is 2.87. The minimum absolute atomic E-state index is 0.131. The molecule has 0 saturated carbocycles. The Labute approximate surface area is 197 Å². The minimum atomic E-state index is -0.971. The molecule has 3 aromatic carbocycles. The number of hydrogen-bond acceptors (Lipinski definition) is 4. The summed E-state index contributed by atoms with van der Waals surface area (Å²) in [4.78, 5) is 37.0. The van der Waals surface area contributed by atoms with E-state index < -0.39 is 23.7 Å². The molecule has 0 bridgehead atoms. The lowest BCUT2D eigenvalue weighted by molar-refractivity contribution is -0.121. The Balaban J connectivity index is 1.79. The largest absolute Gasteiger partial charge is 0.324 e. The SMILES string of the molecule is Cc1ccccc1[C@H](C(=O)Nc1ccc(F)cc1)N(Cc1ccccc1)C(=O)c1cnccn1. The van der Waals surface area contributed by atoms with Gasteiger partial charge in [-0.25, -0.2) is 9.37 Å². The second-order valence-corrected chi connectivity index (χ2v) is 7.76. The zero-order valence-electron chi connectivity index (χ0n) is 18.6. The van der Waals surface area contributed by atoms with Gasteiger partial charge in [0, 0.05) is 24.6 Å². The Bertz CT molecular complexity index is 1260. The van der Waals surface area contributed by atoms with E-state index in [2.05, 4.69) is 15.3 Å². The van der Waals surface area contributed by atoms with Gasteiger partial charge in [0.05, 0.1) is 6.20 Å². The highest BCUT2D eigenvalue weighted by Gasteiger charge is 2.34. The second-order valence-electron chi connectivity index (χ2n) is 7.76. The second kappa shape index (κ2) is 10.5. The Morgan fingerprint density at radius 3 is 2.32 bits per heavy atom. The van der Waals surface area contributed by atoms with Crippen molar-refractivity contribution in [1.82, 2.24) is 14.9 Å². The number of aromatic nitrogens is 2. The van der Waals surface area contributed by atoms with Gasteiger partial charge >= 0.3 is 0 Å². The summed E-state index contributed by atoms with van der Waals surface area (Å²) in [5.74, 6) is -1.26. The highest BCUT2D eigenvalue weighted by Crippen LogP contribution is 2.29. The number of amides is 2. The summed E-state index contributed by atoms with van der Waals surface area (Å²) < 4.78 is 13.4. The van der Waals surface area contributed by atoms with E-state index in [1.807, 2.05) is 61.5 Å². The number of aryl methyl sites for hydroxylation is 1. The molecule has 1 heterocycles. The van der Waals surface area contributed by atoms with E-state index in [1.165, 1.54) is 47.8 Å². The maximum Gasteiger partial charge on any atom is 0.275 e. The fraction of sp³-hybridized carbons (Fsp3) is 0.111. The molecule has 0 aliphatic heterocycles. The van der Waals surface area contributed by atoms with Crippen LogP contribution in [0.15, 0.2) is 97.5 Å². The highest BCUT2D eigenvalue weighted by molar-refractivity contribution is 6.01. The van der Waals surface area contributed by atoms with Gasteiger partial charge in [-0.1, -0.05) is 54.6 Å². The monoisotopic (exact) mass is 454 g/mol. The fourth-order valence-electron chi connectivity index (χ4n) is 3.71. The normalized spacial score (nSPS) is 11.5. The van der Waals surface area contributed by atoms with Crippen LogP contribution in [0.3, 0.4) is 0 Å². The Morgan fingerprint density at radius 1 is 0.941 bits per heavy atom. The highest BCUT2D eigenvalue weighted by atomic mass is 19.1. The number of anilines is 1. The zero-order chi connectivity index (χ0) is 23.9. The summed E-state index contributed by atoms with van der Waals surface area (Å²) >= 11 is 0. The molecule has 34 heavy (non-hydrogen) atoms. The zero-order valence-corrected chi connectivity index (χ0v) is 18.6. The van der Waals surface area contributed by atoms with Crippen LogP contribution in [-0.2, 0) is 11.3 Å². The van der Waals surface area contributed by atoms with Gasteiger partial charge in [-0.2, -0.15) is 0 Å². The van der Waals surface area contributed by atoms with Gasteiger partial charge in [0.15, 0.2) is 0 Å². The van der Waals surface area contributed by atoms with Crippen LogP contribution in [-0.4, -0.2) is 26.7 Å². The number of hydrogen-bond donors (Lipinski definition) is 1. The van der Waals surface area contributed by atoms with Crippen molar-refractivity contribution in [3.63, 3.8) is 0 Å². The summed E-state index contributed by atoms with van der Waals surface area (Å²) in [7, 11) is 0. The number of halogens is 1. The fourth-order valence-corrected chi connectivity index (χ4v) is 3.71. The van der Waals surface area contributed by atoms with Crippen molar-refractivity contribution in [2.45, 2.75) is 19.5 Å². The van der Waals surface area contributed by atoms with E-state index in [0.29, 0.717) is 11.3 Å². The van der Waals surface area contributed by atoms with Gasteiger partial charge in [0.1, 0.15) is 17.6 Å². The molecule has 1 atom stereocenters. The van der Waals surface area contributed by atoms with Crippen molar-refractivity contribution in [3.8, 4) is 0 Å². The van der Waals surface area contributed by atoms with Crippen LogP contribution < -0.4 is 5.32 Å². The maximum absolute atomic E-state index is 13.7. The molecule has 6 nitrogen and oxygen atoms in total. The first-order valence-electron chi connectivity index (χ1n) is 10.8. The van der Waals surface area contributed by atoms with E-state index >= 15 is 0 Å². The predicted octanol–water partition coefficient (Wildman–Crippen LogP) is 4.95. The number of benzene rings is 3. The van der Waals surface area contributed by atoms with E-state index in [4.69, 9.17) is 0 Å². The first-order chi connectivity index (χ1) is 16.5. The van der Waals surface area contributed by atoms with Gasteiger partial charge in [0.2, 0.25) is 0 Å². The summed E-state index contributed by atoms with van der Waals surface area (Å²) in [5, 5.41) is 2.83. The molecule has 7 heteroatoms. The molecule has 0 fully saturated rings. The van der Waals surface area contributed by atoms with E-state index in [0.717, 1.165) is 11.1 Å². The molecule has 0 aliphatic rings. The van der Waals surface area contributed by atoms with Crippen molar-refractivity contribution in [2.75, 3.05) is 5.32 Å².